The minimum Gasteiger partial charge on any atom is -0.493 e. The Morgan fingerprint density at radius 1 is 1.05 bits per heavy atom. The van der Waals surface area contributed by atoms with Gasteiger partial charge in [0.1, 0.15) is 4.60 Å². The van der Waals surface area contributed by atoms with E-state index in [-0.39, 0.29) is 0 Å². The van der Waals surface area contributed by atoms with E-state index in [9.17, 15) is 0 Å². The molecule has 2 rings (SSSR count). The van der Waals surface area contributed by atoms with Gasteiger partial charge >= 0.3 is 0 Å². The number of nitrogens with one attached hydrogen (secondary N) is 1. The van der Waals surface area contributed by atoms with Crippen molar-refractivity contribution in [2.75, 3.05) is 26.6 Å². The number of nitrogens with zero attached hydrogens (tertiary/aromatic N) is 1. The van der Waals surface area contributed by atoms with Gasteiger partial charge in [-0.3, -0.25) is 0 Å². The fraction of sp³-hybridized carbons (Fsp3) is 0.267. The molecular weight excluding hydrogens is 336 g/mol. The highest BCUT2D eigenvalue weighted by Gasteiger charge is 2.15. The van der Waals surface area contributed by atoms with E-state index in [0.29, 0.717) is 23.8 Å². The van der Waals surface area contributed by atoms with E-state index in [0.717, 1.165) is 15.9 Å². The van der Waals surface area contributed by atoms with Crippen LogP contribution < -0.4 is 19.5 Å². The average molecular weight is 353 g/mol. The molecule has 0 saturated carbocycles. The highest BCUT2D eigenvalue weighted by Crippen LogP contribution is 2.40. The molecule has 2 aromatic rings. The lowest BCUT2D eigenvalue weighted by molar-refractivity contribution is 0.322. The number of benzene rings is 1. The third kappa shape index (κ3) is 3.39. The molecule has 5 nitrogen and oxygen atoms in total. The first-order chi connectivity index (χ1) is 10.2. The summed E-state index contributed by atoms with van der Waals surface area (Å²) in [6, 6.07) is 7.62. The number of anilines is 1. The highest BCUT2D eigenvalue weighted by atomic mass is 79.9. The number of ether oxygens (including phenoxy) is 3. The second-order valence-corrected chi connectivity index (χ2v) is 4.94. The van der Waals surface area contributed by atoms with Gasteiger partial charge in [-0.2, -0.15) is 0 Å². The van der Waals surface area contributed by atoms with E-state index in [1.165, 1.54) is 0 Å². The Labute approximate surface area is 132 Å². The Morgan fingerprint density at radius 2 is 1.81 bits per heavy atom. The van der Waals surface area contributed by atoms with Crippen LogP contribution in [0.5, 0.6) is 17.2 Å². The molecule has 0 spiro atoms. The summed E-state index contributed by atoms with van der Waals surface area (Å²) in [6.45, 7) is 0.577. The van der Waals surface area contributed by atoms with Crippen molar-refractivity contribution in [3.8, 4) is 17.2 Å². The minimum absolute atomic E-state index is 0.577. The molecular formula is C15H17BrN2O3. The van der Waals surface area contributed by atoms with Gasteiger partial charge in [-0.25, -0.2) is 4.98 Å². The minimum atomic E-state index is 0.577. The predicted octanol–water partition coefficient (Wildman–Crippen LogP) is 3.48. The zero-order valence-electron chi connectivity index (χ0n) is 12.1. The van der Waals surface area contributed by atoms with Crippen LogP contribution in [-0.2, 0) is 6.54 Å². The summed E-state index contributed by atoms with van der Waals surface area (Å²) in [7, 11) is 4.80. The monoisotopic (exact) mass is 352 g/mol. The SMILES string of the molecule is COc1ccc(CNc2cccnc2Br)c(OC)c1OC. The van der Waals surface area contributed by atoms with Gasteiger partial charge in [0.05, 0.1) is 27.0 Å². The van der Waals surface area contributed by atoms with Gasteiger partial charge in [-0.1, -0.05) is 0 Å². The zero-order valence-corrected chi connectivity index (χ0v) is 13.7. The van der Waals surface area contributed by atoms with Gasteiger partial charge in [0.2, 0.25) is 5.75 Å². The van der Waals surface area contributed by atoms with E-state index in [1.54, 1.807) is 27.5 Å². The first kappa shape index (κ1) is 15.4. The van der Waals surface area contributed by atoms with Crippen molar-refractivity contribution < 1.29 is 14.2 Å². The fourth-order valence-corrected chi connectivity index (χ4v) is 2.40. The lowest BCUT2D eigenvalue weighted by atomic mass is 10.1. The summed E-state index contributed by atoms with van der Waals surface area (Å²) < 4.78 is 16.9. The lowest BCUT2D eigenvalue weighted by Crippen LogP contribution is -2.04. The molecule has 0 saturated heterocycles. The first-order valence-corrected chi connectivity index (χ1v) is 7.12. The number of halogens is 1. The topological polar surface area (TPSA) is 52.6 Å². The quantitative estimate of drug-likeness (QED) is 0.806. The first-order valence-electron chi connectivity index (χ1n) is 6.33. The maximum absolute atomic E-state index is 5.46. The van der Waals surface area contributed by atoms with E-state index < -0.39 is 0 Å². The van der Waals surface area contributed by atoms with Crippen LogP contribution in [0.1, 0.15) is 5.56 Å². The lowest BCUT2D eigenvalue weighted by Gasteiger charge is -2.16. The smallest absolute Gasteiger partial charge is 0.203 e. The van der Waals surface area contributed by atoms with E-state index in [4.69, 9.17) is 14.2 Å². The van der Waals surface area contributed by atoms with Crippen LogP contribution in [0.4, 0.5) is 5.69 Å². The molecule has 0 bridgehead atoms. The van der Waals surface area contributed by atoms with Crippen molar-refractivity contribution >= 4 is 21.6 Å². The van der Waals surface area contributed by atoms with Crippen LogP contribution in [0.2, 0.25) is 0 Å². The second kappa shape index (κ2) is 7.17. The second-order valence-electron chi connectivity index (χ2n) is 4.19. The van der Waals surface area contributed by atoms with Gasteiger partial charge in [0.25, 0.3) is 0 Å². The molecule has 112 valence electrons. The van der Waals surface area contributed by atoms with Crippen molar-refractivity contribution in [3.05, 3.63) is 40.6 Å². The number of pyridine rings is 1. The summed E-state index contributed by atoms with van der Waals surface area (Å²) in [5.41, 5.74) is 1.88. The number of hydrogen-bond acceptors (Lipinski definition) is 5. The van der Waals surface area contributed by atoms with Crippen molar-refractivity contribution in [2.45, 2.75) is 6.54 Å². The molecule has 0 aliphatic heterocycles. The molecule has 0 fully saturated rings. The standard InChI is InChI=1S/C15H17BrN2O3/c1-19-12-7-6-10(13(20-2)14(12)21-3)9-18-11-5-4-8-17-15(11)16/h4-8,18H,9H2,1-3H3. The van der Waals surface area contributed by atoms with Crippen LogP contribution in [0.3, 0.4) is 0 Å². The maximum atomic E-state index is 5.46. The number of rotatable bonds is 6. The van der Waals surface area contributed by atoms with Crippen LogP contribution in [0.15, 0.2) is 35.1 Å². The molecule has 1 aromatic carbocycles. The molecule has 6 heteroatoms. The molecule has 0 aliphatic rings. The Balaban J connectivity index is 2.26. The molecule has 0 unspecified atom stereocenters. The Hall–Kier alpha value is -1.95. The fourth-order valence-electron chi connectivity index (χ4n) is 2.01. The summed E-state index contributed by atoms with van der Waals surface area (Å²) in [5.74, 6) is 1.88. The Bertz CT molecular complexity index is 620. The summed E-state index contributed by atoms with van der Waals surface area (Å²) in [4.78, 5) is 4.17. The zero-order chi connectivity index (χ0) is 15.2. The van der Waals surface area contributed by atoms with Crippen molar-refractivity contribution in [1.82, 2.24) is 4.98 Å². The third-order valence-corrected chi connectivity index (χ3v) is 3.65. The molecule has 1 heterocycles. The van der Waals surface area contributed by atoms with Crippen LogP contribution in [0.25, 0.3) is 0 Å². The number of methoxy groups -OCH3 is 3. The molecule has 1 aromatic heterocycles. The van der Waals surface area contributed by atoms with E-state index >= 15 is 0 Å². The molecule has 0 aliphatic carbocycles. The Morgan fingerprint density at radius 3 is 2.43 bits per heavy atom. The third-order valence-electron chi connectivity index (χ3n) is 3.01. The van der Waals surface area contributed by atoms with Gasteiger partial charge in [-0.05, 0) is 40.2 Å². The summed E-state index contributed by atoms with van der Waals surface area (Å²) in [5, 5.41) is 3.31. The van der Waals surface area contributed by atoms with E-state index in [1.807, 2.05) is 24.3 Å². The molecule has 21 heavy (non-hydrogen) atoms. The van der Waals surface area contributed by atoms with Crippen molar-refractivity contribution in [3.63, 3.8) is 0 Å². The summed E-state index contributed by atoms with van der Waals surface area (Å²) in [6.07, 6.45) is 1.73. The molecule has 0 amide bonds. The van der Waals surface area contributed by atoms with Gasteiger partial charge in [0, 0.05) is 18.3 Å². The van der Waals surface area contributed by atoms with Gasteiger partial charge in [-0.15, -0.1) is 0 Å². The van der Waals surface area contributed by atoms with Crippen LogP contribution in [0, 0.1) is 0 Å². The van der Waals surface area contributed by atoms with Gasteiger partial charge < -0.3 is 19.5 Å². The number of hydrogen-bond donors (Lipinski definition) is 1. The van der Waals surface area contributed by atoms with E-state index in [2.05, 4.69) is 26.2 Å². The number of aromatic nitrogens is 1. The summed E-state index contributed by atoms with van der Waals surface area (Å²) >= 11 is 3.41. The Kier molecular flexibility index (Phi) is 5.27. The largest absolute Gasteiger partial charge is 0.493 e. The average Bonchev–Trinajstić information content (AvgIpc) is 2.52. The van der Waals surface area contributed by atoms with Crippen LogP contribution >= 0.6 is 15.9 Å². The predicted molar refractivity (Wildman–Crippen MR) is 85.4 cm³/mol. The molecule has 1 N–H and O–H groups in total. The van der Waals surface area contributed by atoms with Crippen LogP contribution in [-0.4, -0.2) is 26.3 Å². The molecule has 0 atom stereocenters. The highest BCUT2D eigenvalue weighted by molar-refractivity contribution is 9.10. The van der Waals surface area contributed by atoms with Crippen molar-refractivity contribution in [1.29, 1.82) is 0 Å². The molecule has 0 radical (unpaired) electrons. The normalized spacial score (nSPS) is 10.1. The van der Waals surface area contributed by atoms with Gasteiger partial charge in [0.15, 0.2) is 11.5 Å². The maximum Gasteiger partial charge on any atom is 0.203 e. The van der Waals surface area contributed by atoms with Crippen molar-refractivity contribution in [2.24, 2.45) is 0 Å².